The molecule has 2 aromatic rings. The Morgan fingerprint density at radius 2 is 1.65 bits per heavy atom. The van der Waals surface area contributed by atoms with E-state index in [1.165, 1.54) is 37.7 Å². The van der Waals surface area contributed by atoms with Crippen molar-refractivity contribution >= 4 is 0 Å². The van der Waals surface area contributed by atoms with Crippen LogP contribution in [0.2, 0.25) is 0 Å². The van der Waals surface area contributed by atoms with Crippen LogP contribution in [-0.4, -0.2) is 4.57 Å². The molecule has 0 amide bonds. The minimum absolute atomic E-state index is 0.0287. The molecule has 2 nitrogen and oxygen atoms in total. The van der Waals surface area contributed by atoms with Crippen LogP contribution < -0.4 is 5.56 Å². The molecule has 20 heavy (non-hydrogen) atoms. The number of hydrogen-bond donors (Lipinski definition) is 0. The molecule has 0 radical (unpaired) electrons. The van der Waals surface area contributed by atoms with Crippen LogP contribution in [0.15, 0.2) is 47.4 Å². The lowest BCUT2D eigenvalue weighted by Crippen LogP contribution is -2.16. The Morgan fingerprint density at radius 1 is 0.950 bits per heavy atom. The Bertz CT molecular complexity index is 633. The molecular formula is C18H21NO. The fraction of sp³-hybridized carbons (Fsp3) is 0.389. The monoisotopic (exact) mass is 267 g/mol. The molecule has 1 aliphatic carbocycles. The van der Waals surface area contributed by atoms with Crippen LogP contribution in [0.25, 0.3) is 5.69 Å². The molecule has 2 heteroatoms. The summed E-state index contributed by atoms with van der Waals surface area (Å²) >= 11 is 0. The Balaban J connectivity index is 1.89. The minimum Gasteiger partial charge on any atom is -0.284 e. The van der Waals surface area contributed by atoms with E-state index in [0.717, 1.165) is 11.3 Å². The smallest absolute Gasteiger partial charge is 0.255 e. The molecule has 1 aromatic carbocycles. The molecule has 0 aliphatic heterocycles. The van der Waals surface area contributed by atoms with Crippen LogP contribution in [0, 0.1) is 6.92 Å². The number of nitrogens with zero attached hydrogens (tertiary/aromatic N) is 1. The molecular weight excluding hydrogens is 246 g/mol. The summed E-state index contributed by atoms with van der Waals surface area (Å²) in [5.74, 6) is 0.715. The fourth-order valence-electron chi connectivity index (χ4n) is 3.14. The highest BCUT2D eigenvalue weighted by atomic mass is 16.1. The van der Waals surface area contributed by atoms with E-state index in [2.05, 4.69) is 24.3 Å². The number of benzene rings is 1. The van der Waals surface area contributed by atoms with Gasteiger partial charge in [0.05, 0.1) is 0 Å². The first kappa shape index (κ1) is 13.2. The molecule has 0 spiro atoms. The van der Waals surface area contributed by atoms with Gasteiger partial charge in [-0.15, -0.1) is 0 Å². The maximum Gasteiger partial charge on any atom is 0.255 e. The first-order valence-electron chi connectivity index (χ1n) is 7.54. The zero-order valence-electron chi connectivity index (χ0n) is 12.0. The molecule has 1 aliphatic rings. The first-order valence-corrected chi connectivity index (χ1v) is 7.54. The number of hydrogen-bond acceptors (Lipinski definition) is 1. The predicted molar refractivity (Wildman–Crippen MR) is 82.6 cm³/mol. The second kappa shape index (κ2) is 5.66. The number of aryl methyl sites for hydroxylation is 1. The van der Waals surface area contributed by atoms with Crippen molar-refractivity contribution < 1.29 is 0 Å². The zero-order chi connectivity index (χ0) is 13.9. The van der Waals surface area contributed by atoms with Crippen molar-refractivity contribution in [2.24, 2.45) is 0 Å². The molecule has 0 bridgehead atoms. The van der Waals surface area contributed by atoms with Crippen molar-refractivity contribution in [3.8, 4) is 5.69 Å². The Morgan fingerprint density at radius 3 is 2.35 bits per heavy atom. The second-order valence-electron chi connectivity index (χ2n) is 5.84. The largest absolute Gasteiger partial charge is 0.284 e. The predicted octanol–water partition coefficient (Wildman–Crippen LogP) is 4.19. The van der Waals surface area contributed by atoms with Crippen LogP contribution in [0.1, 0.15) is 49.1 Å². The minimum atomic E-state index is 0.0287. The van der Waals surface area contributed by atoms with Crippen LogP contribution in [-0.2, 0) is 0 Å². The first-order chi connectivity index (χ1) is 9.74. The van der Waals surface area contributed by atoms with Gasteiger partial charge in [0.2, 0.25) is 0 Å². The average molecular weight is 267 g/mol. The number of pyridine rings is 1. The van der Waals surface area contributed by atoms with Gasteiger partial charge in [-0.05, 0) is 48.9 Å². The third kappa shape index (κ3) is 2.69. The summed E-state index contributed by atoms with van der Waals surface area (Å²) in [6.45, 7) is 2.01. The van der Waals surface area contributed by atoms with Crippen molar-refractivity contribution in [2.75, 3.05) is 0 Å². The maximum absolute atomic E-state index is 11.9. The SMILES string of the molecule is Cc1ccc(=O)n(-c2ccc(C3CCCCC3)cc2)c1. The van der Waals surface area contributed by atoms with E-state index in [1.807, 2.05) is 19.2 Å². The van der Waals surface area contributed by atoms with Crippen LogP contribution in [0.5, 0.6) is 0 Å². The van der Waals surface area contributed by atoms with Gasteiger partial charge in [0.25, 0.3) is 5.56 Å². The van der Waals surface area contributed by atoms with Gasteiger partial charge >= 0.3 is 0 Å². The average Bonchev–Trinajstić information content (AvgIpc) is 2.51. The van der Waals surface area contributed by atoms with Crippen LogP contribution in [0.3, 0.4) is 0 Å². The van der Waals surface area contributed by atoms with E-state index >= 15 is 0 Å². The maximum atomic E-state index is 11.9. The lowest BCUT2D eigenvalue weighted by Gasteiger charge is -2.22. The fourth-order valence-corrected chi connectivity index (χ4v) is 3.14. The number of rotatable bonds is 2. The topological polar surface area (TPSA) is 22.0 Å². The molecule has 104 valence electrons. The van der Waals surface area contributed by atoms with Crippen LogP contribution >= 0.6 is 0 Å². The highest BCUT2D eigenvalue weighted by Gasteiger charge is 2.15. The van der Waals surface area contributed by atoms with Crippen molar-refractivity contribution in [3.63, 3.8) is 0 Å². The van der Waals surface area contributed by atoms with Gasteiger partial charge in [0.15, 0.2) is 0 Å². The molecule has 0 atom stereocenters. The summed E-state index contributed by atoms with van der Waals surface area (Å²) in [4.78, 5) is 11.9. The molecule has 1 saturated carbocycles. The summed E-state index contributed by atoms with van der Waals surface area (Å²) in [6.07, 6.45) is 8.60. The van der Waals surface area contributed by atoms with Crippen molar-refractivity contribution in [1.29, 1.82) is 0 Å². The lowest BCUT2D eigenvalue weighted by atomic mass is 9.84. The Labute approximate surface area is 120 Å². The van der Waals surface area contributed by atoms with Gasteiger partial charge in [-0.2, -0.15) is 0 Å². The normalized spacial score (nSPS) is 16.2. The van der Waals surface area contributed by atoms with E-state index in [1.54, 1.807) is 10.6 Å². The summed E-state index contributed by atoms with van der Waals surface area (Å²) in [5, 5.41) is 0. The van der Waals surface area contributed by atoms with Gasteiger partial charge in [-0.1, -0.05) is 37.5 Å². The van der Waals surface area contributed by atoms with Gasteiger partial charge < -0.3 is 0 Å². The third-order valence-corrected chi connectivity index (χ3v) is 4.31. The third-order valence-electron chi connectivity index (χ3n) is 4.31. The van der Waals surface area contributed by atoms with E-state index in [4.69, 9.17) is 0 Å². The second-order valence-corrected chi connectivity index (χ2v) is 5.84. The molecule has 0 N–H and O–H groups in total. The Kier molecular flexibility index (Phi) is 3.72. The highest BCUT2D eigenvalue weighted by Crippen LogP contribution is 2.32. The van der Waals surface area contributed by atoms with Crippen molar-refractivity contribution in [3.05, 3.63) is 64.1 Å². The van der Waals surface area contributed by atoms with Gasteiger partial charge in [-0.25, -0.2) is 0 Å². The molecule has 3 rings (SSSR count). The van der Waals surface area contributed by atoms with E-state index in [-0.39, 0.29) is 5.56 Å². The summed E-state index contributed by atoms with van der Waals surface area (Å²) in [7, 11) is 0. The Hall–Kier alpha value is -1.83. The number of aromatic nitrogens is 1. The summed E-state index contributed by atoms with van der Waals surface area (Å²) < 4.78 is 1.72. The highest BCUT2D eigenvalue weighted by molar-refractivity contribution is 5.37. The molecule has 1 aromatic heterocycles. The standard InChI is InChI=1S/C18H21NO/c1-14-7-12-18(20)19(13-14)17-10-8-16(9-11-17)15-5-3-2-4-6-15/h7-13,15H,2-6H2,1H3. The van der Waals surface area contributed by atoms with Gasteiger partial charge in [0.1, 0.15) is 0 Å². The molecule has 1 fully saturated rings. The van der Waals surface area contributed by atoms with Gasteiger partial charge in [-0.3, -0.25) is 9.36 Å². The summed E-state index contributed by atoms with van der Waals surface area (Å²) in [5.41, 5.74) is 3.51. The van der Waals surface area contributed by atoms with E-state index in [0.29, 0.717) is 5.92 Å². The zero-order valence-corrected chi connectivity index (χ0v) is 12.0. The van der Waals surface area contributed by atoms with Gasteiger partial charge in [0, 0.05) is 18.0 Å². The quantitative estimate of drug-likeness (QED) is 0.799. The lowest BCUT2D eigenvalue weighted by molar-refractivity contribution is 0.443. The molecule has 1 heterocycles. The van der Waals surface area contributed by atoms with Crippen molar-refractivity contribution in [1.82, 2.24) is 4.57 Å². The molecule has 0 saturated heterocycles. The summed E-state index contributed by atoms with van der Waals surface area (Å²) in [6, 6.07) is 12.0. The van der Waals surface area contributed by atoms with E-state index < -0.39 is 0 Å². The van der Waals surface area contributed by atoms with Crippen LogP contribution in [0.4, 0.5) is 0 Å². The van der Waals surface area contributed by atoms with E-state index in [9.17, 15) is 4.79 Å². The molecule has 0 unspecified atom stereocenters. The van der Waals surface area contributed by atoms with Crippen molar-refractivity contribution in [2.45, 2.75) is 44.9 Å².